The van der Waals surface area contributed by atoms with Crippen LogP contribution in [0.5, 0.6) is 0 Å². The second kappa shape index (κ2) is 5.28. The van der Waals surface area contributed by atoms with Gasteiger partial charge < -0.3 is 5.73 Å². The van der Waals surface area contributed by atoms with Gasteiger partial charge in [-0.1, -0.05) is 27.5 Å². The van der Waals surface area contributed by atoms with E-state index in [0.717, 1.165) is 0 Å². The molecule has 0 heterocycles. The lowest BCUT2D eigenvalue weighted by Crippen LogP contribution is -2.44. The van der Waals surface area contributed by atoms with Crippen molar-refractivity contribution in [3.05, 3.63) is 27.7 Å². The van der Waals surface area contributed by atoms with Gasteiger partial charge in [-0.05, 0) is 30.4 Å². The Balaban J connectivity index is 3.03. The Morgan fingerprint density at radius 2 is 2.12 bits per heavy atom. The van der Waals surface area contributed by atoms with E-state index in [9.17, 15) is 8.42 Å². The smallest absolute Gasteiger partial charge is 0.258 e. The third-order valence-corrected chi connectivity index (χ3v) is 3.82. The zero-order valence-electron chi connectivity index (χ0n) is 7.70. The van der Waals surface area contributed by atoms with Gasteiger partial charge in [0.15, 0.2) is 5.11 Å². The van der Waals surface area contributed by atoms with E-state index in [4.69, 9.17) is 17.3 Å². The van der Waals surface area contributed by atoms with Crippen molar-refractivity contribution in [2.45, 2.75) is 4.90 Å². The lowest BCUT2D eigenvalue weighted by molar-refractivity contribution is 0.577. The fraction of sp³-hybridized carbons (Fsp3) is 0. The van der Waals surface area contributed by atoms with Crippen LogP contribution in [0.4, 0.5) is 0 Å². The Morgan fingerprint density at radius 3 is 2.62 bits per heavy atom. The average Bonchev–Trinajstić information content (AvgIpc) is 2.14. The van der Waals surface area contributed by atoms with E-state index in [0.29, 0.717) is 4.47 Å². The Kier molecular flexibility index (Phi) is 4.51. The van der Waals surface area contributed by atoms with Gasteiger partial charge in [0.05, 0.1) is 5.02 Å². The number of thiocarbonyl (C=S) groups is 1. The molecule has 0 aliphatic heterocycles. The first-order chi connectivity index (χ1) is 7.33. The minimum Gasteiger partial charge on any atom is -0.375 e. The quantitative estimate of drug-likeness (QED) is 0.565. The monoisotopic (exact) mass is 343 g/mol. The van der Waals surface area contributed by atoms with Crippen LogP contribution in [0.1, 0.15) is 0 Å². The zero-order chi connectivity index (χ0) is 12.3. The van der Waals surface area contributed by atoms with Gasteiger partial charge in [-0.2, -0.15) is 0 Å². The number of nitrogens with one attached hydrogen (secondary N) is 2. The first-order valence-corrected chi connectivity index (χ1v) is 6.91. The molecule has 1 rings (SSSR count). The number of hydrogen-bond donors (Lipinski definition) is 3. The van der Waals surface area contributed by atoms with Crippen LogP contribution in [-0.2, 0) is 10.0 Å². The maximum Gasteiger partial charge on any atom is 0.258 e. The molecule has 1 aromatic rings. The average molecular weight is 345 g/mol. The van der Waals surface area contributed by atoms with Gasteiger partial charge in [0.25, 0.3) is 10.0 Å². The Labute approximate surface area is 111 Å². The van der Waals surface area contributed by atoms with E-state index >= 15 is 0 Å². The largest absolute Gasteiger partial charge is 0.375 e. The predicted molar refractivity (Wildman–Crippen MR) is 69.4 cm³/mol. The number of hydrazine groups is 1. The molecule has 5 nitrogen and oxygen atoms in total. The van der Waals surface area contributed by atoms with Gasteiger partial charge in [0.2, 0.25) is 0 Å². The molecule has 0 spiro atoms. The number of hydrogen-bond acceptors (Lipinski definition) is 3. The summed E-state index contributed by atoms with van der Waals surface area (Å²) in [7, 11) is -3.78. The maximum absolute atomic E-state index is 11.7. The number of halogens is 2. The van der Waals surface area contributed by atoms with E-state index in [2.05, 4.69) is 33.6 Å². The highest BCUT2D eigenvalue weighted by molar-refractivity contribution is 9.10. The summed E-state index contributed by atoms with van der Waals surface area (Å²) in [6.45, 7) is 0. The highest BCUT2D eigenvalue weighted by Crippen LogP contribution is 2.24. The van der Waals surface area contributed by atoms with E-state index in [1.165, 1.54) is 12.1 Å². The summed E-state index contributed by atoms with van der Waals surface area (Å²) in [6.07, 6.45) is 0. The third kappa shape index (κ3) is 3.56. The van der Waals surface area contributed by atoms with Gasteiger partial charge in [0, 0.05) is 4.47 Å². The van der Waals surface area contributed by atoms with Crippen molar-refractivity contribution in [3.63, 3.8) is 0 Å². The lowest BCUT2D eigenvalue weighted by atomic mass is 10.4. The molecule has 16 heavy (non-hydrogen) atoms. The first kappa shape index (κ1) is 13.7. The molecule has 0 atom stereocenters. The number of benzene rings is 1. The van der Waals surface area contributed by atoms with Gasteiger partial charge in [-0.3, -0.25) is 5.43 Å². The summed E-state index contributed by atoms with van der Waals surface area (Å²) >= 11 is 13.4. The van der Waals surface area contributed by atoms with Crippen LogP contribution >= 0.6 is 39.7 Å². The number of rotatable bonds is 3. The van der Waals surface area contributed by atoms with Crippen molar-refractivity contribution in [2.24, 2.45) is 5.73 Å². The predicted octanol–water partition coefficient (Wildman–Crippen LogP) is 1.13. The van der Waals surface area contributed by atoms with E-state index in [1.807, 2.05) is 4.83 Å². The van der Waals surface area contributed by atoms with Crippen molar-refractivity contribution < 1.29 is 8.42 Å². The van der Waals surface area contributed by atoms with Crippen molar-refractivity contribution >= 4 is 54.9 Å². The second-order valence-corrected chi connectivity index (χ2v) is 6.08. The Hall–Kier alpha value is -0.410. The van der Waals surface area contributed by atoms with Crippen LogP contribution in [-0.4, -0.2) is 13.5 Å². The van der Waals surface area contributed by atoms with Crippen LogP contribution in [0, 0.1) is 0 Å². The van der Waals surface area contributed by atoms with Crippen LogP contribution < -0.4 is 16.0 Å². The first-order valence-electron chi connectivity index (χ1n) is 3.85. The topological polar surface area (TPSA) is 84.2 Å². The van der Waals surface area contributed by atoms with Gasteiger partial charge in [-0.25, -0.2) is 8.42 Å². The highest BCUT2D eigenvalue weighted by Gasteiger charge is 2.17. The van der Waals surface area contributed by atoms with E-state index in [-0.39, 0.29) is 15.0 Å². The fourth-order valence-electron chi connectivity index (χ4n) is 0.866. The Bertz CT molecular complexity index is 520. The highest BCUT2D eigenvalue weighted by atomic mass is 79.9. The summed E-state index contributed by atoms with van der Waals surface area (Å²) in [6, 6.07) is 4.38. The summed E-state index contributed by atoms with van der Waals surface area (Å²) < 4.78 is 24.0. The summed E-state index contributed by atoms with van der Waals surface area (Å²) in [5, 5.41) is -0.0941. The normalized spacial score (nSPS) is 11.1. The summed E-state index contributed by atoms with van der Waals surface area (Å²) in [5.41, 5.74) is 7.22. The molecular formula is C7H7BrClN3O2S2. The molecular weight excluding hydrogens is 338 g/mol. The van der Waals surface area contributed by atoms with Gasteiger partial charge in [-0.15, -0.1) is 4.83 Å². The van der Waals surface area contributed by atoms with Crippen molar-refractivity contribution in [3.8, 4) is 0 Å². The van der Waals surface area contributed by atoms with Gasteiger partial charge in [0.1, 0.15) is 4.90 Å². The molecule has 0 aliphatic carbocycles. The number of nitrogens with two attached hydrogens (primary N) is 1. The maximum atomic E-state index is 11.7. The zero-order valence-corrected chi connectivity index (χ0v) is 11.7. The second-order valence-electron chi connectivity index (χ2n) is 2.67. The molecule has 88 valence electrons. The van der Waals surface area contributed by atoms with E-state index in [1.54, 1.807) is 6.07 Å². The SMILES string of the molecule is NC(=S)NNS(=O)(=O)c1ccc(Br)cc1Cl. The van der Waals surface area contributed by atoms with Crippen LogP contribution in [0.2, 0.25) is 5.02 Å². The molecule has 1 aromatic carbocycles. The molecule has 0 amide bonds. The molecule has 0 radical (unpaired) electrons. The summed E-state index contributed by atoms with van der Waals surface area (Å²) in [5.74, 6) is 0. The minimum atomic E-state index is -3.78. The lowest BCUT2D eigenvalue weighted by Gasteiger charge is -2.09. The Morgan fingerprint density at radius 1 is 1.50 bits per heavy atom. The minimum absolute atomic E-state index is 0.0684. The van der Waals surface area contributed by atoms with Gasteiger partial charge >= 0.3 is 0 Å². The van der Waals surface area contributed by atoms with Crippen molar-refractivity contribution in [1.29, 1.82) is 0 Å². The molecule has 0 aromatic heterocycles. The molecule has 0 aliphatic rings. The van der Waals surface area contributed by atoms with Crippen molar-refractivity contribution in [2.75, 3.05) is 0 Å². The molecule has 0 saturated heterocycles. The van der Waals surface area contributed by atoms with Crippen LogP contribution in [0.25, 0.3) is 0 Å². The molecule has 0 bridgehead atoms. The summed E-state index contributed by atoms with van der Waals surface area (Å²) in [4.78, 5) is 1.92. The molecule has 4 N–H and O–H groups in total. The number of sulfonamides is 1. The third-order valence-electron chi connectivity index (χ3n) is 1.49. The molecule has 9 heteroatoms. The molecule has 0 fully saturated rings. The van der Waals surface area contributed by atoms with Crippen LogP contribution in [0.15, 0.2) is 27.6 Å². The van der Waals surface area contributed by atoms with Crippen molar-refractivity contribution in [1.82, 2.24) is 10.3 Å². The van der Waals surface area contributed by atoms with Crippen LogP contribution in [0.3, 0.4) is 0 Å². The standard InChI is InChI=1S/C7H7BrClN3O2S2/c8-4-1-2-6(5(9)3-4)16(13,14)12-11-7(10)15/h1-3,12H,(H3,10,11,15). The molecule has 0 unspecified atom stereocenters. The van der Waals surface area contributed by atoms with E-state index < -0.39 is 10.0 Å². The molecule has 0 saturated carbocycles. The fourth-order valence-corrected chi connectivity index (χ4v) is 2.88.